The van der Waals surface area contributed by atoms with E-state index in [9.17, 15) is 4.79 Å². The van der Waals surface area contributed by atoms with Gasteiger partial charge >= 0.3 is 0 Å². The highest BCUT2D eigenvalue weighted by molar-refractivity contribution is 5.80. The zero-order valence-corrected chi connectivity index (χ0v) is 11.1. The fourth-order valence-electron chi connectivity index (χ4n) is 4.19. The molecule has 2 bridgehead atoms. The molecule has 3 heterocycles. The van der Waals surface area contributed by atoms with Gasteiger partial charge in [0.1, 0.15) is 5.78 Å². The van der Waals surface area contributed by atoms with Crippen LogP contribution < -0.4 is 0 Å². The third-order valence-electron chi connectivity index (χ3n) is 4.92. The molecule has 0 saturated carbocycles. The third-order valence-corrected chi connectivity index (χ3v) is 4.92. The highest BCUT2D eigenvalue weighted by Crippen LogP contribution is 2.39. The number of nitrogens with zero attached hydrogens (tertiary/aromatic N) is 2. The average molecular weight is 236 g/mol. The van der Waals surface area contributed by atoms with Crippen LogP contribution in [0, 0.1) is 0 Å². The van der Waals surface area contributed by atoms with Crippen LogP contribution in [0.3, 0.4) is 0 Å². The van der Waals surface area contributed by atoms with Crippen LogP contribution in [-0.4, -0.2) is 40.0 Å². The number of hydrogen-bond acceptors (Lipinski definition) is 3. The quantitative estimate of drug-likeness (QED) is 0.698. The van der Waals surface area contributed by atoms with Crippen LogP contribution in [-0.2, 0) is 4.79 Å². The van der Waals surface area contributed by atoms with Gasteiger partial charge in [0.05, 0.1) is 0 Å². The van der Waals surface area contributed by atoms with Gasteiger partial charge in [0, 0.05) is 37.0 Å². The van der Waals surface area contributed by atoms with Crippen LogP contribution in [0.25, 0.3) is 0 Å². The standard InChI is InChI=1S/C14H24N2O/c1-10-4-3-5-11(2)15(10)16-12-6-7-13(16)9-14(17)8-12/h10-13H,3-9H2,1-2H3. The summed E-state index contributed by atoms with van der Waals surface area (Å²) >= 11 is 0. The van der Waals surface area contributed by atoms with E-state index in [-0.39, 0.29) is 0 Å². The fourth-order valence-corrected chi connectivity index (χ4v) is 4.19. The lowest BCUT2D eigenvalue weighted by atomic mass is 9.97. The van der Waals surface area contributed by atoms with Gasteiger partial charge in [-0.1, -0.05) is 6.42 Å². The topological polar surface area (TPSA) is 23.6 Å². The molecule has 4 unspecified atom stereocenters. The van der Waals surface area contributed by atoms with E-state index in [1.54, 1.807) is 0 Å². The number of hydrazine groups is 1. The molecule has 3 aliphatic rings. The number of rotatable bonds is 1. The van der Waals surface area contributed by atoms with Gasteiger partial charge in [-0.3, -0.25) is 4.79 Å². The number of carbonyl (C=O) groups excluding carboxylic acids is 1. The minimum absolute atomic E-state index is 0.492. The number of ketones is 1. The van der Waals surface area contributed by atoms with Crippen LogP contribution in [0.15, 0.2) is 0 Å². The zero-order valence-electron chi connectivity index (χ0n) is 11.1. The smallest absolute Gasteiger partial charge is 0.136 e. The molecule has 17 heavy (non-hydrogen) atoms. The molecule has 4 atom stereocenters. The van der Waals surface area contributed by atoms with Gasteiger partial charge < -0.3 is 0 Å². The van der Waals surface area contributed by atoms with E-state index in [4.69, 9.17) is 0 Å². The molecule has 0 N–H and O–H groups in total. The van der Waals surface area contributed by atoms with Crippen molar-refractivity contribution in [2.24, 2.45) is 0 Å². The lowest BCUT2D eigenvalue weighted by molar-refractivity contribution is -0.158. The Morgan fingerprint density at radius 1 is 0.882 bits per heavy atom. The number of piperidine rings is 2. The Kier molecular flexibility index (Phi) is 2.99. The maximum Gasteiger partial charge on any atom is 0.136 e. The minimum atomic E-state index is 0.492. The van der Waals surface area contributed by atoms with Crippen molar-refractivity contribution >= 4 is 5.78 Å². The molecule has 0 aromatic rings. The number of Topliss-reactive ketones (excluding diaryl/α,β-unsaturated/α-hetero) is 1. The Labute approximate surface area is 104 Å². The van der Waals surface area contributed by atoms with Gasteiger partial charge in [-0.25, -0.2) is 10.0 Å². The van der Waals surface area contributed by atoms with E-state index in [0.29, 0.717) is 30.0 Å². The molecule has 96 valence electrons. The molecule has 0 radical (unpaired) electrons. The molecule has 0 aromatic carbocycles. The zero-order chi connectivity index (χ0) is 12.0. The molecule has 3 fully saturated rings. The van der Waals surface area contributed by atoms with Crippen LogP contribution in [0.4, 0.5) is 0 Å². The summed E-state index contributed by atoms with van der Waals surface area (Å²) in [5.74, 6) is 0.492. The lowest BCUT2D eigenvalue weighted by Crippen LogP contribution is -2.60. The van der Waals surface area contributed by atoms with E-state index in [1.165, 1.54) is 32.1 Å². The van der Waals surface area contributed by atoms with Crippen LogP contribution >= 0.6 is 0 Å². The van der Waals surface area contributed by atoms with Gasteiger partial charge in [-0.15, -0.1) is 0 Å². The SMILES string of the molecule is CC1CCCC(C)N1N1C2CCC1CC(=O)C2. The number of fused-ring (bicyclic) bond motifs is 2. The first-order chi connectivity index (χ1) is 8.16. The summed E-state index contributed by atoms with van der Waals surface area (Å²) in [5, 5.41) is 5.23. The average Bonchev–Trinajstić information content (AvgIpc) is 2.54. The predicted octanol–water partition coefficient (Wildman–Crippen LogP) is 2.36. The molecule has 3 saturated heterocycles. The molecule has 0 spiro atoms. The molecular weight excluding hydrogens is 212 g/mol. The lowest BCUT2D eigenvalue weighted by Gasteiger charge is -2.50. The Balaban J connectivity index is 1.81. The Hall–Kier alpha value is -0.410. The molecule has 3 rings (SSSR count). The number of hydrogen-bond donors (Lipinski definition) is 0. The monoisotopic (exact) mass is 236 g/mol. The van der Waals surface area contributed by atoms with Crippen molar-refractivity contribution in [1.29, 1.82) is 0 Å². The van der Waals surface area contributed by atoms with Crippen molar-refractivity contribution in [3.63, 3.8) is 0 Å². The first-order valence-electron chi connectivity index (χ1n) is 7.25. The third kappa shape index (κ3) is 1.93. The molecule has 0 amide bonds. The predicted molar refractivity (Wildman–Crippen MR) is 67.5 cm³/mol. The summed E-state index contributed by atoms with van der Waals surface area (Å²) in [6.07, 6.45) is 8.04. The van der Waals surface area contributed by atoms with Crippen LogP contribution in [0.5, 0.6) is 0 Å². The van der Waals surface area contributed by atoms with Crippen molar-refractivity contribution in [3.05, 3.63) is 0 Å². The van der Waals surface area contributed by atoms with Crippen molar-refractivity contribution < 1.29 is 4.79 Å². The molecule has 0 aliphatic carbocycles. The van der Waals surface area contributed by atoms with E-state index in [0.717, 1.165) is 12.8 Å². The summed E-state index contributed by atoms with van der Waals surface area (Å²) in [5.41, 5.74) is 0. The van der Waals surface area contributed by atoms with Crippen LogP contribution in [0.2, 0.25) is 0 Å². The van der Waals surface area contributed by atoms with Crippen molar-refractivity contribution in [2.45, 2.75) is 83.0 Å². The normalized spacial score (nSPS) is 44.2. The summed E-state index contributed by atoms with van der Waals surface area (Å²) in [4.78, 5) is 11.7. The summed E-state index contributed by atoms with van der Waals surface area (Å²) in [6, 6.07) is 2.36. The summed E-state index contributed by atoms with van der Waals surface area (Å²) < 4.78 is 0. The Bertz CT molecular complexity index is 291. The Morgan fingerprint density at radius 2 is 1.41 bits per heavy atom. The van der Waals surface area contributed by atoms with Gasteiger partial charge in [0.25, 0.3) is 0 Å². The summed E-state index contributed by atoms with van der Waals surface area (Å²) in [7, 11) is 0. The van der Waals surface area contributed by atoms with Gasteiger partial charge in [-0.2, -0.15) is 0 Å². The maximum atomic E-state index is 11.7. The highest BCUT2D eigenvalue weighted by atomic mass is 16.1. The minimum Gasteiger partial charge on any atom is -0.300 e. The highest BCUT2D eigenvalue weighted by Gasteiger charge is 2.45. The fraction of sp³-hybridized carbons (Fsp3) is 0.929. The van der Waals surface area contributed by atoms with Gasteiger partial charge in [-0.05, 0) is 39.5 Å². The molecule has 3 aliphatic heterocycles. The second kappa shape index (κ2) is 4.36. The molecule has 3 nitrogen and oxygen atoms in total. The van der Waals surface area contributed by atoms with E-state index in [1.807, 2.05) is 0 Å². The first-order valence-corrected chi connectivity index (χ1v) is 7.25. The van der Waals surface area contributed by atoms with E-state index < -0.39 is 0 Å². The first kappa shape index (κ1) is 11.7. The van der Waals surface area contributed by atoms with Gasteiger partial charge in [0.15, 0.2) is 0 Å². The molecule has 0 aromatic heterocycles. The maximum absolute atomic E-state index is 11.7. The largest absolute Gasteiger partial charge is 0.300 e. The number of carbonyl (C=O) groups is 1. The molecular formula is C14H24N2O. The summed E-state index contributed by atoms with van der Waals surface area (Å²) in [6.45, 7) is 4.71. The van der Waals surface area contributed by atoms with Crippen molar-refractivity contribution in [2.75, 3.05) is 0 Å². The van der Waals surface area contributed by atoms with E-state index in [2.05, 4.69) is 23.9 Å². The van der Waals surface area contributed by atoms with Crippen molar-refractivity contribution in [3.8, 4) is 0 Å². The second-order valence-corrected chi connectivity index (χ2v) is 6.22. The van der Waals surface area contributed by atoms with E-state index >= 15 is 0 Å². The molecule has 3 heteroatoms. The van der Waals surface area contributed by atoms with Crippen LogP contribution in [0.1, 0.15) is 58.8 Å². The van der Waals surface area contributed by atoms with Gasteiger partial charge in [0.2, 0.25) is 0 Å². The van der Waals surface area contributed by atoms with Crippen molar-refractivity contribution in [1.82, 2.24) is 10.0 Å². The Morgan fingerprint density at radius 3 is 1.94 bits per heavy atom. The second-order valence-electron chi connectivity index (χ2n) is 6.22.